The fraction of sp³-hybridized carbons (Fsp3) is 0.833. The van der Waals surface area contributed by atoms with Crippen molar-refractivity contribution in [2.45, 2.75) is 31.8 Å². The molecule has 0 saturated heterocycles. The lowest BCUT2D eigenvalue weighted by Crippen LogP contribution is -2.48. The second kappa shape index (κ2) is 3.44. The molecule has 0 bridgehead atoms. The summed E-state index contributed by atoms with van der Waals surface area (Å²) >= 11 is 0. The maximum absolute atomic E-state index is 8.22. The molecular weight excluding hydrogens is 114 g/mol. The second-order valence-corrected chi connectivity index (χ2v) is 2.32. The van der Waals surface area contributed by atoms with Crippen molar-refractivity contribution in [3.63, 3.8) is 0 Å². The van der Waals surface area contributed by atoms with E-state index in [0.717, 1.165) is 6.42 Å². The normalized spacial score (nSPS) is 10.9. The van der Waals surface area contributed by atoms with E-state index in [1.54, 1.807) is 0 Å². The largest absolute Gasteiger partial charge is 0.313 e. The molecule has 52 valence electrons. The third-order valence-corrected chi connectivity index (χ3v) is 1.12. The van der Waals surface area contributed by atoms with Gasteiger partial charge < -0.3 is 11.5 Å². The van der Waals surface area contributed by atoms with E-state index in [1.165, 1.54) is 0 Å². The minimum atomic E-state index is -0.760. The van der Waals surface area contributed by atoms with E-state index in [4.69, 9.17) is 16.7 Å². The van der Waals surface area contributed by atoms with Gasteiger partial charge in [0.15, 0.2) is 0 Å². The summed E-state index contributed by atoms with van der Waals surface area (Å²) in [6.45, 7) is 1.99. The van der Waals surface area contributed by atoms with Crippen LogP contribution in [0.5, 0.6) is 0 Å². The van der Waals surface area contributed by atoms with Gasteiger partial charge in [-0.05, 0) is 6.42 Å². The Morgan fingerprint density at radius 1 is 1.56 bits per heavy atom. The summed E-state index contributed by atoms with van der Waals surface area (Å²) in [4.78, 5) is 0. The standard InChI is InChI=1S/C6H13N3/c1-2-3-6(8,9)4-5-7/h2-4,8-9H2,1H3. The molecule has 3 heteroatoms. The molecule has 0 rings (SSSR count). The molecule has 3 nitrogen and oxygen atoms in total. The van der Waals surface area contributed by atoms with E-state index in [0.29, 0.717) is 6.42 Å². The SMILES string of the molecule is CCCC(N)(N)CC#N. The second-order valence-electron chi connectivity index (χ2n) is 2.32. The quantitative estimate of drug-likeness (QED) is 0.536. The molecule has 0 saturated carbocycles. The van der Waals surface area contributed by atoms with Crippen molar-refractivity contribution in [3.8, 4) is 6.07 Å². The molecule has 0 aromatic carbocycles. The fourth-order valence-electron chi connectivity index (χ4n) is 0.701. The molecule has 0 heterocycles. The molecule has 0 atom stereocenters. The highest BCUT2D eigenvalue weighted by Crippen LogP contribution is 2.04. The first kappa shape index (κ1) is 8.41. The van der Waals surface area contributed by atoms with Gasteiger partial charge in [-0.2, -0.15) is 5.26 Å². The molecule has 4 N–H and O–H groups in total. The van der Waals surface area contributed by atoms with Crippen LogP contribution in [0.4, 0.5) is 0 Å². The summed E-state index contributed by atoms with van der Waals surface area (Å²) in [5.74, 6) is 0. The maximum Gasteiger partial charge on any atom is 0.0769 e. The third kappa shape index (κ3) is 3.95. The zero-order valence-corrected chi connectivity index (χ0v) is 5.72. The van der Waals surface area contributed by atoms with Crippen LogP contribution >= 0.6 is 0 Å². The van der Waals surface area contributed by atoms with Crippen molar-refractivity contribution in [2.24, 2.45) is 11.5 Å². The fourth-order valence-corrected chi connectivity index (χ4v) is 0.701. The van der Waals surface area contributed by atoms with Crippen molar-refractivity contribution < 1.29 is 0 Å². The van der Waals surface area contributed by atoms with Crippen LogP contribution in [0, 0.1) is 11.3 Å². The summed E-state index contributed by atoms with van der Waals surface area (Å²) in [6.07, 6.45) is 1.87. The van der Waals surface area contributed by atoms with Gasteiger partial charge in [0.2, 0.25) is 0 Å². The highest BCUT2D eigenvalue weighted by Gasteiger charge is 2.15. The molecule has 0 aliphatic carbocycles. The molecular formula is C6H13N3. The molecule has 0 amide bonds. The van der Waals surface area contributed by atoms with Gasteiger partial charge in [0, 0.05) is 0 Å². The molecule has 0 aromatic rings. The number of hydrogen-bond donors (Lipinski definition) is 2. The van der Waals surface area contributed by atoms with Crippen molar-refractivity contribution >= 4 is 0 Å². The Labute approximate surface area is 55.6 Å². The number of nitrogens with two attached hydrogens (primary N) is 2. The monoisotopic (exact) mass is 127 g/mol. The van der Waals surface area contributed by atoms with Crippen molar-refractivity contribution in [1.82, 2.24) is 0 Å². The lowest BCUT2D eigenvalue weighted by molar-refractivity contribution is 0.412. The van der Waals surface area contributed by atoms with Crippen LogP contribution in [-0.2, 0) is 0 Å². The van der Waals surface area contributed by atoms with Gasteiger partial charge >= 0.3 is 0 Å². The highest BCUT2D eigenvalue weighted by molar-refractivity contribution is 4.87. The van der Waals surface area contributed by atoms with Crippen molar-refractivity contribution in [1.29, 1.82) is 5.26 Å². The van der Waals surface area contributed by atoms with Gasteiger partial charge in [-0.15, -0.1) is 0 Å². The third-order valence-electron chi connectivity index (χ3n) is 1.12. The Kier molecular flexibility index (Phi) is 3.21. The Morgan fingerprint density at radius 3 is 2.44 bits per heavy atom. The molecule has 0 radical (unpaired) electrons. The average Bonchev–Trinajstić information content (AvgIpc) is 1.64. The van der Waals surface area contributed by atoms with E-state index >= 15 is 0 Å². The van der Waals surface area contributed by atoms with Gasteiger partial charge in [-0.1, -0.05) is 13.3 Å². The topological polar surface area (TPSA) is 75.8 Å². The van der Waals surface area contributed by atoms with E-state index in [2.05, 4.69) is 0 Å². The van der Waals surface area contributed by atoms with E-state index in [9.17, 15) is 0 Å². The van der Waals surface area contributed by atoms with Crippen LogP contribution in [-0.4, -0.2) is 5.66 Å². The summed E-state index contributed by atoms with van der Waals surface area (Å²) in [7, 11) is 0. The van der Waals surface area contributed by atoms with Crippen LogP contribution in [0.15, 0.2) is 0 Å². The van der Waals surface area contributed by atoms with Crippen molar-refractivity contribution in [3.05, 3.63) is 0 Å². The van der Waals surface area contributed by atoms with E-state index in [1.807, 2.05) is 13.0 Å². The Bertz CT molecular complexity index is 112. The maximum atomic E-state index is 8.22. The van der Waals surface area contributed by atoms with Crippen LogP contribution in [0.2, 0.25) is 0 Å². The first-order valence-electron chi connectivity index (χ1n) is 3.07. The lowest BCUT2D eigenvalue weighted by atomic mass is 10.0. The predicted octanol–water partition coefficient (Wildman–Crippen LogP) is 0.314. The summed E-state index contributed by atoms with van der Waals surface area (Å²) in [5, 5.41) is 8.22. The van der Waals surface area contributed by atoms with Gasteiger partial charge in [0.05, 0.1) is 18.2 Å². The van der Waals surface area contributed by atoms with Gasteiger partial charge in [0.1, 0.15) is 0 Å². The van der Waals surface area contributed by atoms with Crippen LogP contribution in [0.25, 0.3) is 0 Å². The van der Waals surface area contributed by atoms with Gasteiger partial charge in [0.25, 0.3) is 0 Å². The van der Waals surface area contributed by atoms with Crippen LogP contribution in [0.3, 0.4) is 0 Å². The highest BCUT2D eigenvalue weighted by atomic mass is 14.9. The zero-order chi connectivity index (χ0) is 7.33. The predicted molar refractivity (Wildman–Crippen MR) is 36.2 cm³/mol. The average molecular weight is 127 g/mol. The Hall–Kier alpha value is -0.590. The van der Waals surface area contributed by atoms with E-state index < -0.39 is 5.66 Å². The molecule has 0 aliphatic heterocycles. The van der Waals surface area contributed by atoms with Gasteiger partial charge in [-0.3, -0.25) is 0 Å². The minimum Gasteiger partial charge on any atom is -0.313 e. The molecule has 0 spiro atoms. The molecule has 0 aliphatic rings. The number of nitrogens with zero attached hydrogens (tertiary/aromatic N) is 1. The zero-order valence-electron chi connectivity index (χ0n) is 5.72. The summed E-state index contributed by atoms with van der Waals surface area (Å²) in [6, 6.07) is 1.94. The van der Waals surface area contributed by atoms with Gasteiger partial charge in [-0.25, -0.2) is 0 Å². The number of nitriles is 1. The van der Waals surface area contributed by atoms with Crippen LogP contribution in [0.1, 0.15) is 26.2 Å². The first-order chi connectivity index (χ1) is 4.12. The molecule has 0 aromatic heterocycles. The Morgan fingerprint density at radius 2 is 2.11 bits per heavy atom. The summed E-state index contributed by atoms with van der Waals surface area (Å²) in [5.41, 5.74) is 10.2. The van der Waals surface area contributed by atoms with Crippen molar-refractivity contribution in [2.75, 3.05) is 0 Å². The molecule has 0 fully saturated rings. The minimum absolute atomic E-state index is 0.237. The Balaban J connectivity index is 3.59. The smallest absolute Gasteiger partial charge is 0.0769 e. The van der Waals surface area contributed by atoms with Crippen LogP contribution < -0.4 is 11.5 Å². The molecule has 9 heavy (non-hydrogen) atoms. The number of rotatable bonds is 3. The summed E-state index contributed by atoms with van der Waals surface area (Å²) < 4.78 is 0. The lowest BCUT2D eigenvalue weighted by Gasteiger charge is -2.19. The number of hydrogen-bond acceptors (Lipinski definition) is 3. The molecule has 0 unspecified atom stereocenters. The first-order valence-corrected chi connectivity index (χ1v) is 3.07. The van der Waals surface area contributed by atoms with E-state index in [-0.39, 0.29) is 6.42 Å².